The monoisotopic (exact) mass is 305 g/mol. The Kier molecular flexibility index (Phi) is 7.38. The number of halogens is 1. The van der Waals surface area contributed by atoms with Gasteiger partial charge in [-0.2, -0.15) is 0 Å². The zero-order valence-corrected chi connectivity index (χ0v) is 12.6. The maximum Gasteiger partial charge on any atom is 0.178 e. The van der Waals surface area contributed by atoms with Crippen molar-refractivity contribution < 1.29 is 13.2 Å². The third-order valence-corrected chi connectivity index (χ3v) is 4.74. The molecular formula is C13H20ClNO3S. The second-order valence-electron chi connectivity index (χ2n) is 4.22. The highest BCUT2D eigenvalue weighted by molar-refractivity contribution is 7.91. The summed E-state index contributed by atoms with van der Waals surface area (Å²) < 4.78 is 28.9. The van der Waals surface area contributed by atoms with E-state index in [4.69, 9.17) is 16.3 Å². The lowest BCUT2D eigenvalue weighted by molar-refractivity contribution is 0.199. The van der Waals surface area contributed by atoms with Crippen molar-refractivity contribution >= 4 is 21.4 Å². The van der Waals surface area contributed by atoms with Gasteiger partial charge in [0, 0.05) is 18.7 Å². The first kappa shape index (κ1) is 16.4. The van der Waals surface area contributed by atoms with Gasteiger partial charge in [0.25, 0.3) is 0 Å². The minimum absolute atomic E-state index is 0.167. The minimum Gasteiger partial charge on any atom is -0.383 e. The molecule has 19 heavy (non-hydrogen) atoms. The summed E-state index contributed by atoms with van der Waals surface area (Å²) in [7, 11) is -1.53. The number of nitrogens with one attached hydrogen (secondary N) is 1. The Morgan fingerprint density at radius 3 is 2.47 bits per heavy atom. The van der Waals surface area contributed by atoms with E-state index in [2.05, 4.69) is 5.32 Å². The molecule has 108 valence electrons. The molecule has 0 aliphatic rings. The van der Waals surface area contributed by atoms with Crippen LogP contribution in [0.5, 0.6) is 0 Å². The number of hydrogen-bond acceptors (Lipinski definition) is 4. The average molecular weight is 306 g/mol. The van der Waals surface area contributed by atoms with Gasteiger partial charge in [-0.05, 0) is 43.7 Å². The molecule has 0 saturated carbocycles. The number of ether oxygens (including phenoxy) is 1. The molecule has 1 N–H and O–H groups in total. The number of sulfone groups is 1. The van der Waals surface area contributed by atoms with E-state index in [1.165, 1.54) is 0 Å². The van der Waals surface area contributed by atoms with Crippen molar-refractivity contribution in [2.45, 2.75) is 17.7 Å². The number of benzene rings is 1. The molecule has 0 spiro atoms. The highest BCUT2D eigenvalue weighted by Crippen LogP contribution is 2.16. The molecule has 0 radical (unpaired) electrons. The Labute approximate surface area is 120 Å². The zero-order chi connectivity index (χ0) is 14.1. The van der Waals surface area contributed by atoms with Crippen LogP contribution in [-0.4, -0.2) is 41.0 Å². The predicted molar refractivity (Wildman–Crippen MR) is 77.5 cm³/mol. The maximum absolute atomic E-state index is 12.0. The van der Waals surface area contributed by atoms with Crippen molar-refractivity contribution in [1.82, 2.24) is 5.32 Å². The van der Waals surface area contributed by atoms with Crippen LogP contribution < -0.4 is 5.32 Å². The summed E-state index contributed by atoms with van der Waals surface area (Å²) in [4.78, 5) is 0.337. The van der Waals surface area contributed by atoms with Crippen molar-refractivity contribution in [3.8, 4) is 0 Å². The smallest absolute Gasteiger partial charge is 0.178 e. The second-order valence-corrected chi connectivity index (χ2v) is 6.77. The summed E-state index contributed by atoms with van der Waals surface area (Å²) >= 11 is 5.74. The number of hydrogen-bond donors (Lipinski definition) is 1. The first-order chi connectivity index (χ1) is 9.06. The fourth-order valence-corrected chi connectivity index (χ4v) is 3.10. The molecule has 1 rings (SSSR count). The van der Waals surface area contributed by atoms with E-state index in [9.17, 15) is 8.42 Å². The second kappa shape index (κ2) is 8.53. The third kappa shape index (κ3) is 6.38. The summed E-state index contributed by atoms with van der Waals surface area (Å²) in [5, 5.41) is 3.73. The first-order valence-electron chi connectivity index (χ1n) is 6.24. The van der Waals surface area contributed by atoms with Crippen LogP contribution in [0, 0.1) is 0 Å². The van der Waals surface area contributed by atoms with Gasteiger partial charge < -0.3 is 10.1 Å². The maximum atomic E-state index is 12.0. The Morgan fingerprint density at radius 1 is 1.16 bits per heavy atom. The van der Waals surface area contributed by atoms with Crippen LogP contribution in [-0.2, 0) is 14.6 Å². The number of rotatable bonds is 9. The van der Waals surface area contributed by atoms with Crippen LogP contribution in [0.25, 0.3) is 0 Å². The quantitative estimate of drug-likeness (QED) is 0.710. The molecule has 0 atom stereocenters. The van der Waals surface area contributed by atoms with Crippen LogP contribution in [0.1, 0.15) is 12.8 Å². The van der Waals surface area contributed by atoms with Gasteiger partial charge in [-0.25, -0.2) is 8.42 Å². The van der Waals surface area contributed by atoms with E-state index in [1.54, 1.807) is 31.4 Å². The largest absolute Gasteiger partial charge is 0.383 e. The Hall–Kier alpha value is -0.620. The number of unbranched alkanes of at least 4 members (excludes halogenated alkanes) is 1. The first-order valence-corrected chi connectivity index (χ1v) is 8.27. The summed E-state index contributed by atoms with van der Waals surface area (Å²) in [5.41, 5.74) is 0. The van der Waals surface area contributed by atoms with Crippen molar-refractivity contribution in [3.05, 3.63) is 29.3 Å². The highest BCUT2D eigenvalue weighted by Gasteiger charge is 2.13. The third-order valence-electron chi connectivity index (χ3n) is 2.67. The van der Waals surface area contributed by atoms with E-state index in [0.717, 1.165) is 19.5 Å². The predicted octanol–water partition coefficient (Wildman–Crippen LogP) is 2.13. The molecule has 4 nitrogen and oxygen atoms in total. The van der Waals surface area contributed by atoms with Crippen LogP contribution in [0.15, 0.2) is 29.2 Å². The van der Waals surface area contributed by atoms with Crippen molar-refractivity contribution in [1.29, 1.82) is 0 Å². The van der Waals surface area contributed by atoms with Gasteiger partial charge in [0.1, 0.15) is 0 Å². The van der Waals surface area contributed by atoms with Crippen molar-refractivity contribution in [2.75, 3.05) is 32.6 Å². The molecule has 0 heterocycles. The molecule has 6 heteroatoms. The molecule has 0 aromatic heterocycles. The Morgan fingerprint density at radius 2 is 1.84 bits per heavy atom. The normalized spacial score (nSPS) is 11.7. The fraction of sp³-hybridized carbons (Fsp3) is 0.538. The van der Waals surface area contributed by atoms with Gasteiger partial charge in [0.05, 0.1) is 17.3 Å². The lowest BCUT2D eigenvalue weighted by atomic mass is 10.3. The van der Waals surface area contributed by atoms with Crippen LogP contribution in [0.3, 0.4) is 0 Å². The van der Waals surface area contributed by atoms with Gasteiger partial charge >= 0.3 is 0 Å². The molecule has 0 amide bonds. The Bertz CT molecular complexity index is 459. The zero-order valence-electron chi connectivity index (χ0n) is 11.1. The summed E-state index contributed by atoms with van der Waals surface area (Å²) in [5.74, 6) is 0.167. The molecule has 0 unspecified atom stereocenters. The fourth-order valence-electron chi connectivity index (χ4n) is 1.60. The molecule has 0 fully saturated rings. The van der Waals surface area contributed by atoms with Gasteiger partial charge in [-0.1, -0.05) is 11.6 Å². The molecule has 0 saturated heterocycles. The van der Waals surface area contributed by atoms with Crippen LogP contribution in [0.4, 0.5) is 0 Å². The highest BCUT2D eigenvalue weighted by atomic mass is 35.5. The standard InChI is InChI=1S/C13H20ClNO3S/c1-18-10-9-15-8-2-3-11-19(16,17)13-6-4-12(14)5-7-13/h4-7,15H,2-3,8-11H2,1H3. The topological polar surface area (TPSA) is 55.4 Å². The lowest BCUT2D eigenvalue weighted by Gasteiger charge is -2.06. The van der Waals surface area contributed by atoms with Crippen LogP contribution >= 0.6 is 11.6 Å². The SMILES string of the molecule is COCCNCCCCS(=O)(=O)c1ccc(Cl)cc1. The summed E-state index contributed by atoms with van der Waals surface area (Å²) in [6.45, 7) is 2.27. The number of methoxy groups -OCH3 is 1. The van der Waals surface area contributed by atoms with E-state index >= 15 is 0 Å². The van der Waals surface area contributed by atoms with E-state index < -0.39 is 9.84 Å². The minimum atomic E-state index is -3.19. The van der Waals surface area contributed by atoms with E-state index in [0.29, 0.717) is 22.9 Å². The van der Waals surface area contributed by atoms with Crippen LogP contribution in [0.2, 0.25) is 5.02 Å². The summed E-state index contributed by atoms with van der Waals surface area (Å²) in [6, 6.07) is 6.30. The molecule has 0 bridgehead atoms. The van der Waals surface area contributed by atoms with E-state index in [1.807, 2.05) is 0 Å². The molecule has 0 aliphatic carbocycles. The molecule has 1 aromatic carbocycles. The molecule has 0 aliphatic heterocycles. The van der Waals surface area contributed by atoms with Gasteiger partial charge in [0.15, 0.2) is 9.84 Å². The average Bonchev–Trinajstić information content (AvgIpc) is 2.38. The van der Waals surface area contributed by atoms with Crippen molar-refractivity contribution in [3.63, 3.8) is 0 Å². The molecular weight excluding hydrogens is 286 g/mol. The van der Waals surface area contributed by atoms with Gasteiger partial charge in [-0.15, -0.1) is 0 Å². The van der Waals surface area contributed by atoms with E-state index in [-0.39, 0.29) is 5.75 Å². The summed E-state index contributed by atoms with van der Waals surface area (Å²) in [6.07, 6.45) is 1.47. The molecule has 1 aromatic rings. The van der Waals surface area contributed by atoms with Gasteiger partial charge in [0.2, 0.25) is 0 Å². The Balaban J connectivity index is 2.29. The van der Waals surface area contributed by atoms with Crippen molar-refractivity contribution in [2.24, 2.45) is 0 Å². The van der Waals surface area contributed by atoms with Gasteiger partial charge in [-0.3, -0.25) is 0 Å². The lowest BCUT2D eigenvalue weighted by Crippen LogP contribution is -2.20.